The quantitative estimate of drug-likeness (QED) is 0.836. The van der Waals surface area contributed by atoms with E-state index in [-0.39, 0.29) is 29.7 Å². The number of pyridine rings is 1. The highest BCUT2D eigenvalue weighted by atomic mass is 16.2. The molecule has 1 aromatic rings. The summed E-state index contributed by atoms with van der Waals surface area (Å²) in [6, 6.07) is 1.85. The SMILES string of the molecule is Cc1cc(C)c(CC(=O)N2CCC[C@H](C(N)=O)C2)c(=O)[nH]1. The van der Waals surface area contributed by atoms with Crippen LogP contribution < -0.4 is 11.3 Å². The Morgan fingerprint density at radius 2 is 2.14 bits per heavy atom. The molecule has 1 aliphatic heterocycles. The standard InChI is InChI=1S/C15H21N3O3/c1-9-6-10(2)17-15(21)12(9)7-13(19)18-5-3-4-11(8-18)14(16)20/h6,11H,3-5,7-8H2,1-2H3,(H2,16,20)(H,17,21)/t11-/m0/s1. The molecule has 2 rings (SSSR count). The van der Waals surface area contributed by atoms with E-state index in [1.807, 2.05) is 19.9 Å². The van der Waals surface area contributed by atoms with E-state index in [4.69, 9.17) is 5.73 Å². The van der Waals surface area contributed by atoms with Gasteiger partial charge in [0, 0.05) is 24.3 Å². The Labute approximate surface area is 123 Å². The van der Waals surface area contributed by atoms with Crippen molar-refractivity contribution in [3.8, 4) is 0 Å². The molecule has 0 aliphatic carbocycles. The number of nitrogens with two attached hydrogens (primary N) is 1. The predicted molar refractivity (Wildman–Crippen MR) is 78.7 cm³/mol. The van der Waals surface area contributed by atoms with Gasteiger partial charge in [-0.05, 0) is 38.3 Å². The lowest BCUT2D eigenvalue weighted by Crippen LogP contribution is -2.45. The highest BCUT2D eigenvalue weighted by Gasteiger charge is 2.27. The van der Waals surface area contributed by atoms with Gasteiger partial charge < -0.3 is 15.6 Å². The summed E-state index contributed by atoms with van der Waals surface area (Å²) in [5.74, 6) is -0.768. The van der Waals surface area contributed by atoms with Crippen molar-refractivity contribution in [3.63, 3.8) is 0 Å². The summed E-state index contributed by atoms with van der Waals surface area (Å²) >= 11 is 0. The highest BCUT2D eigenvalue weighted by molar-refractivity contribution is 5.81. The first kappa shape index (κ1) is 15.3. The fourth-order valence-electron chi connectivity index (χ4n) is 2.80. The van der Waals surface area contributed by atoms with Crippen LogP contribution in [-0.4, -0.2) is 34.8 Å². The summed E-state index contributed by atoms with van der Waals surface area (Å²) in [6.45, 7) is 4.61. The molecule has 6 heteroatoms. The Morgan fingerprint density at radius 1 is 1.43 bits per heavy atom. The highest BCUT2D eigenvalue weighted by Crippen LogP contribution is 2.17. The number of nitrogens with zero attached hydrogens (tertiary/aromatic N) is 1. The first-order valence-corrected chi connectivity index (χ1v) is 7.15. The molecule has 0 saturated carbocycles. The number of carbonyl (C=O) groups is 2. The van der Waals surface area contributed by atoms with Crippen molar-refractivity contribution >= 4 is 11.8 Å². The smallest absolute Gasteiger partial charge is 0.252 e. The number of H-pyrrole nitrogens is 1. The van der Waals surface area contributed by atoms with Crippen LogP contribution in [0.5, 0.6) is 0 Å². The minimum atomic E-state index is -0.364. The number of carbonyl (C=O) groups excluding carboxylic acids is 2. The average molecular weight is 291 g/mol. The zero-order valence-corrected chi connectivity index (χ0v) is 12.4. The van der Waals surface area contributed by atoms with Crippen molar-refractivity contribution in [1.29, 1.82) is 0 Å². The number of aryl methyl sites for hydroxylation is 2. The molecular weight excluding hydrogens is 270 g/mol. The third-order valence-corrected chi connectivity index (χ3v) is 4.00. The molecule has 1 atom stereocenters. The summed E-state index contributed by atoms with van der Waals surface area (Å²) in [5.41, 5.74) is 7.18. The maximum absolute atomic E-state index is 12.3. The van der Waals surface area contributed by atoms with Crippen LogP contribution in [0.15, 0.2) is 10.9 Å². The fourth-order valence-corrected chi connectivity index (χ4v) is 2.80. The third-order valence-electron chi connectivity index (χ3n) is 4.00. The number of piperidine rings is 1. The summed E-state index contributed by atoms with van der Waals surface area (Å²) in [7, 11) is 0. The molecule has 2 amide bonds. The molecule has 1 saturated heterocycles. The number of amides is 2. The average Bonchev–Trinajstić information content (AvgIpc) is 2.42. The normalized spacial score (nSPS) is 18.6. The van der Waals surface area contributed by atoms with Gasteiger partial charge >= 0.3 is 0 Å². The number of aromatic amines is 1. The molecule has 3 N–H and O–H groups in total. The van der Waals surface area contributed by atoms with E-state index in [1.54, 1.807) is 4.90 Å². The van der Waals surface area contributed by atoms with E-state index < -0.39 is 0 Å². The molecular formula is C15H21N3O3. The van der Waals surface area contributed by atoms with E-state index in [1.165, 1.54) is 0 Å². The maximum atomic E-state index is 12.3. The minimum absolute atomic E-state index is 0.0624. The third kappa shape index (κ3) is 3.51. The first-order valence-electron chi connectivity index (χ1n) is 7.15. The zero-order valence-electron chi connectivity index (χ0n) is 12.4. The molecule has 1 fully saturated rings. The van der Waals surface area contributed by atoms with Crippen molar-refractivity contribution in [2.75, 3.05) is 13.1 Å². The van der Waals surface area contributed by atoms with E-state index in [2.05, 4.69) is 4.98 Å². The Kier molecular flexibility index (Phi) is 4.45. The van der Waals surface area contributed by atoms with Crippen LogP contribution in [0.25, 0.3) is 0 Å². The predicted octanol–water partition coefficient (Wildman–Crippen LogP) is 0.258. The van der Waals surface area contributed by atoms with Gasteiger partial charge in [-0.3, -0.25) is 14.4 Å². The Hall–Kier alpha value is -2.11. The molecule has 0 aromatic carbocycles. The first-order chi connectivity index (χ1) is 9.88. The molecule has 21 heavy (non-hydrogen) atoms. The molecule has 0 bridgehead atoms. The van der Waals surface area contributed by atoms with E-state index in [0.717, 1.165) is 24.1 Å². The van der Waals surface area contributed by atoms with Crippen LogP contribution in [0.3, 0.4) is 0 Å². The number of aromatic nitrogens is 1. The second-order valence-corrected chi connectivity index (χ2v) is 5.70. The lowest BCUT2D eigenvalue weighted by molar-refractivity contribution is -0.134. The molecule has 1 aliphatic rings. The minimum Gasteiger partial charge on any atom is -0.369 e. The molecule has 0 unspecified atom stereocenters. The summed E-state index contributed by atoms with van der Waals surface area (Å²) < 4.78 is 0. The number of rotatable bonds is 3. The van der Waals surface area contributed by atoms with Gasteiger partial charge in [0.1, 0.15) is 0 Å². The van der Waals surface area contributed by atoms with E-state index in [0.29, 0.717) is 18.7 Å². The largest absolute Gasteiger partial charge is 0.369 e. The van der Waals surface area contributed by atoms with Crippen molar-refractivity contribution < 1.29 is 9.59 Å². The molecule has 0 radical (unpaired) electrons. The Morgan fingerprint density at radius 3 is 2.76 bits per heavy atom. The summed E-state index contributed by atoms with van der Waals surface area (Å²) in [5, 5.41) is 0. The Balaban J connectivity index is 2.11. The van der Waals surface area contributed by atoms with Gasteiger partial charge in [-0.25, -0.2) is 0 Å². The molecule has 1 aromatic heterocycles. The van der Waals surface area contributed by atoms with Crippen molar-refractivity contribution in [3.05, 3.63) is 33.2 Å². The molecule has 6 nitrogen and oxygen atoms in total. The van der Waals surface area contributed by atoms with Crippen LogP contribution in [0.1, 0.15) is 29.7 Å². The monoisotopic (exact) mass is 291 g/mol. The fraction of sp³-hybridized carbons (Fsp3) is 0.533. The molecule has 2 heterocycles. The number of hydrogen-bond acceptors (Lipinski definition) is 3. The lowest BCUT2D eigenvalue weighted by Gasteiger charge is -2.31. The van der Waals surface area contributed by atoms with Gasteiger partial charge in [0.25, 0.3) is 5.56 Å². The second kappa shape index (κ2) is 6.11. The van der Waals surface area contributed by atoms with Crippen LogP contribution in [0.4, 0.5) is 0 Å². The second-order valence-electron chi connectivity index (χ2n) is 5.70. The number of likely N-dealkylation sites (tertiary alicyclic amines) is 1. The lowest BCUT2D eigenvalue weighted by atomic mass is 9.96. The van der Waals surface area contributed by atoms with Gasteiger partial charge in [0.2, 0.25) is 11.8 Å². The van der Waals surface area contributed by atoms with Crippen LogP contribution >= 0.6 is 0 Å². The van der Waals surface area contributed by atoms with Crippen LogP contribution in [0.2, 0.25) is 0 Å². The number of hydrogen-bond donors (Lipinski definition) is 2. The molecule has 0 spiro atoms. The van der Waals surface area contributed by atoms with Crippen LogP contribution in [0, 0.1) is 19.8 Å². The topological polar surface area (TPSA) is 96.3 Å². The van der Waals surface area contributed by atoms with Gasteiger partial charge in [-0.2, -0.15) is 0 Å². The van der Waals surface area contributed by atoms with Gasteiger partial charge in [-0.15, -0.1) is 0 Å². The molecule has 114 valence electrons. The van der Waals surface area contributed by atoms with Gasteiger partial charge in [-0.1, -0.05) is 0 Å². The maximum Gasteiger partial charge on any atom is 0.252 e. The number of primary amides is 1. The number of nitrogens with one attached hydrogen (secondary N) is 1. The zero-order chi connectivity index (χ0) is 15.6. The van der Waals surface area contributed by atoms with E-state index >= 15 is 0 Å². The van der Waals surface area contributed by atoms with Crippen molar-refractivity contribution in [2.45, 2.75) is 33.1 Å². The van der Waals surface area contributed by atoms with Gasteiger partial charge in [0.05, 0.1) is 12.3 Å². The Bertz CT molecular complexity index is 621. The van der Waals surface area contributed by atoms with Crippen molar-refractivity contribution in [1.82, 2.24) is 9.88 Å². The van der Waals surface area contributed by atoms with E-state index in [9.17, 15) is 14.4 Å². The van der Waals surface area contributed by atoms with Crippen LogP contribution in [-0.2, 0) is 16.0 Å². The van der Waals surface area contributed by atoms with Gasteiger partial charge in [0.15, 0.2) is 0 Å². The summed E-state index contributed by atoms with van der Waals surface area (Å²) in [6.07, 6.45) is 1.55. The summed E-state index contributed by atoms with van der Waals surface area (Å²) in [4.78, 5) is 39.9. The van der Waals surface area contributed by atoms with Crippen molar-refractivity contribution in [2.24, 2.45) is 11.7 Å².